The number of ether oxygens (including phenoxy) is 1. The number of carbonyl (C=O) groups is 3. The lowest BCUT2D eigenvalue weighted by Crippen LogP contribution is -2.54. The predicted molar refractivity (Wildman–Crippen MR) is 146 cm³/mol. The zero-order valence-electron chi connectivity index (χ0n) is 22.0. The highest BCUT2D eigenvalue weighted by molar-refractivity contribution is 7.80. The Bertz CT molecular complexity index is 931. The minimum absolute atomic E-state index is 0.0501. The van der Waals surface area contributed by atoms with Gasteiger partial charge in [0.1, 0.15) is 17.7 Å². The first-order valence-corrected chi connectivity index (χ1v) is 13.5. The van der Waals surface area contributed by atoms with E-state index in [9.17, 15) is 14.4 Å². The molecule has 8 heteroatoms. The predicted octanol–water partition coefficient (Wildman–Crippen LogP) is 4.61. The van der Waals surface area contributed by atoms with Gasteiger partial charge in [0, 0.05) is 23.9 Å². The molecule has 0 spiro atoms. The third-order valence-electron chi connectivity index (χ3n) is 6.13. The third kappa shape index (κ3) is 8.77. The number of amides is 3. The van der Waals surface area contributed by atoms with Crippen molar-refractivity contribution >= 4 is 30.5 Å². The van der Waals surface area contributed by atoms with E-state index in [4.69, 9.17) is 11.2 Å². The zero-order chi connectivity index (χ0) is 26.7. The van der Waals surface area contributed by atoms with Crippen molar-refractivity contribution in [1.29, 1.82) is 0 Å². The summed E-state index contributed by atoms with van der Waals surface area (Å²) < 4.78 is 5.35. The van der Waals surface area contributed by atoms with E-state index in [0.717, 1.165) is 38.5 Å². The molecule has 0 aromatic heterocycles. The fourth-order valence-electron chi connectivity index (χ4n) is 4.38. The fourth-order valence-corrected chi connectivity index (χ4v) is 4.62. The Balaban J connectivity index is 2.44. The average Bonchev–Trinajstić information content (AvgIpc) is 2.84. The summed E-state index contributed by atoms with van der Waals surface area (Å²) in [4.78, 5) is 41.7. The number of unbranched alkanes of at least 4 members (excludes halogenated alkanes) is 1. The minimum atomic E-state index is -0.969. The molecule has 7 nitrogen and oxygen atoms in total. The fraction of sp³-hybridized carbons (Fsp3) is 0.607. The van der Waals surface area contributed by atoms with Crippen molar-refractivity contribution in [2.75, 3.05) is 12.3 Å². The Labute approximate surface area is 221 Å². The highest BCUT2D eigenvalue weighted by Gasteiger charge is 2.37. The van der Waals surface area contributed by atoms with Crippen LogP contribution in [0.1, 0.15) is 89.8 Å². The van der Waals surface area contributed by atoms with Gasteiger partial charge in [-0.1, -0.05) is 56.7 Å². The van der Waals surface area contributed by atoms with Gasteiger partial charge in [0.2, 0.25) is 11.8 Å². The number of terminal acetylenes is 1. The molecule has 0 aliphatic heterocycles. The Kier molecular flexibility index (Phi) is 11.6. The number of benzene rings is 1. The molecule has 0 saturated heterocycles. The summed E-state index contributed by atoms with van der Waals surface area (Å²) in [5, 5.41) is 5.81. The number of hydrogen-bond donors (Lipinski definition) is 3. The molecule has 2 unspecified atom stereocenters. The van der Waals surface area contributed by atoms with Crippen LogP contribution in [0.15, 0.2) is 24.3 Å². The van der Waals surface area contributed by atoms with E-state index in [1.54, 1.807) is 32.9 Å². The maximum atomic E-state index is 13.9. The highest BCUT2D eigenvalue weighted by Crippen LogP contribution is 2.27. The van der Waals surface area contributed by atoms with Gasteiger partial charge in [-0.25, -0.2) is 4.79 Å². The lowest BCUT2D eigenvalue weighted by molar-refractivity contribution is -0.142. The van der Waals surface area contributed by atoms with E-state index in [1.165, 1.54) is 4.90 Å². The first-order chi connectivity index (χ1) is 17.1. The smallest absolute Gasteiger partial charge is 0.408 e. The topological polar surface area (TPSA) is 87.7 Å². The van der Waals surface area contributed by atoms with Gasteiger partial charge in [0.25, 0.3) is 0 Å². The molecule has 2 atom stereocenters. The summed E-state index contributed by atoms with van der Waals surface area (Å²) in [5.41, 5.74) is 0.427. The summed E-state index contributed by atoms with van der Waals surface area (Å²) in [6, 6.07) is 5.36. The molecule has 1 fully saturated rings. The SMILES string of the molecule is C#Cc1ccccc1C(C(=O)NC1CCCCC1)N(CCCC)C(=O)C(CS)NC(=O)OC(C)(C)C. The van der Waals surface area contributed by atoms with Gasteiger partial charge in [-0.2, -0.15) is 12.6 Å². The standard InChI is InChI=1S/C28H41N3O4S/c1-6-8-18-31(26(33)23(19-36)30-27(34)35-28(3,4)5)24(22-17-13-12-14-20(22)7-2)25(32)29-21-15-10-9-11-16-21/h2,12-14,17,21,23-24,36H,6,8-11,15-16,18-19H2,1,3-5H3,(H,29,32)(H,30,34). The van der Waals surface area contributed by atoms with Crippen molar-refractivity contribution in [3.05, 3.63) is 35.4 Å². The Hall–Kier alpha value is -2.66. The van der Waals surface area contributed by atoms with Gasteiger partial charge in [0.05, 0.1) is 0 Å². The number of carbonyl (C=O) groups excluding carboxylic acids is 3. The molecule has 36 heavy (non-hydrogen) atoms. The molecule has 1 aliphatic carbocycles. The largest absolute Gasteiger partial charge is 0.444 e. The van der Waals surface area contributed by atoms with Crippen LogP contribution in [-0.4, -0.2) is 52.8 Å². The van der Waals surface area contributed by atoms with Crippen LogP contribution in [0.25, 0.3) is 0 Å². The molecule has 198 valence electrons. The maximum absolute atomic E-state index is 13.9. The second-order valence-corrected chi connectivity index (χ2v) is 10.6. The average molecular weight is 516 g/mol. The molecule has 2 N–H and O–H groups in total. The number of alkyl carbamates (subject to hydrolysis) is 1. The van der Waals surface area contributed by atoms with Crippen LogP contribution in [-0.2, 0) is 14.3 Å². The Morgan fingerprint density at radius 3 is 2.44 bits per heavy atom. The minimum Gasteiger partial charge on any atom is -0.444 e. The molecular weight excluding hydrogens is 474 g/mol. The number of nitrogens with zero attached hydrogens (tertiary/aromatic N) is 1. The molecule has 1 aromatic carbocycles. The lowest BCUT2D eigenvalue weighted by atomic mass is 9.93. The van der Waals surface area contributed by atoms with Crippen molar-refractivity contribution in [3.8, 4) is 12.3 Å². The summed E-state index contributed by atoms with van der Waals surface area (Å²) in [6.45, 7) is 7.60. The zero-order valence-corrected chi connectivity index (χ0v) is 22.9. The quantitative estimate of drug-likeness (QED) is 0.314. The molecule has 0 bridgehead atoms. The molecule has 0 radical (unpaired) electrons. The Morgan fingerprint density at radius 2 is 1.86 bits per heavy atom. The van der Waals surface area contributed by atoms with Crippen molar-refractivity contribution in [2.24, 2.45) is 0 Å². The van der Waals surface area contributed by atoms with Gasteiger partial charge in [0.15, 0.2) is 0 Å². The van der Waals surface area contributed by atoms with Gasteiger partial charge >= 0.3 is 6.09 Å². The third-order valence-corrected chi connectivity index (χ3v) is 6.49. The van der Waals surface area contributed by atoms with Gasteiger partial charge < -0.3 is 20.3 Å². The van der Waals surface area contributed by atoms with E-state index in [2.05, 4.69) is 29.2 Å². The number of rotatable bonds is 10. The van der Waals surface area contributed by atoms with Crippen molar-refractivity contribution in [1.82, 2.24) is 15.5 Å². The highest BCUT2D eigenvalue weighted by atomic mass is 32.1. The number of nitrogens with one attached hydrogen (secondary N) is 2. The summed E-state index contributed by atoms with van der Waals surface area (Å²) >= 11 is 4.33. The van der Waals surface area contributed by atoms with Crippen LogP contribution in [0.5, 0.6) is 0 Å². The van der Waals surface area contributed by atoms with Crippen LogP contribution in [0.2, 0.25) is 0 Å². The van der Waals surface area contributed by atoms with Crippen molar-refractivity contribution in [2.45, 2.75) is 96.4 Å². The normalized spacial score (nSPS) is 15.8. The Morgan fingerprint density at radius 1 is 1.19 bits per heavy atom. The van der Waals surface area contributed by atoms with Gasteiger partial charge in [-0.05, 0) is 51.7 Å². The maximum Gasteiger partial charge on any atom is 0.408 e. The summed E-state index contributed by atoms with van der Waals surface area (Å²) in [6.07, 6.45) is 11.7. The molecule has 3 amide bonds. The van der Waals surface area contributed by atoms with E-state index in [0.29, 0.717) is 24.1 Å². The first-order valence-electron chi connectivity index (χ1n) is 12.9. The van der Waals surface area contributed by atoms with E-state index in [1.807, 2.05) is 19.1 Å². The van der Waals surface area contributed by atoms with Crippen LogP contribution >= 0.6 is 12.6 Å². The molecular formula is C28H41N3O4S. The lowest BCUT2D eigenvalue weighted by Gasteiger charge is -2.36. The van der Waals surface area contributed by atoms with Crippen LogP contribution in [0.3, 0.4) is 0 Å². The molecule has 1 saturated carbocycles. The molecule has 1 aliphatic rings. The number of hydrogen-bond acceptors (Lipinski definition) is 5. The monoisotopic (exact) mass is 515 g/mol. The van der Waals surface area contributed by atoms with Crippen molar-refractivity contribution in [3.63, 3.8) is 0 Å². The summed E-state index contributed by atoms with van der Waals surface area (Å²) in [7, 11) is 0. The number of thiol groups is 1. The van der Waals surface area contributed by atoms with Crippen LogP contribution in [0, 0.1) is 12.3 Å². The molecule has 2 rings (SSSR count). The van der Waals surface area contributed by atoms with Crippen LogP contribution < -0.4 is 10.6 Å². The van der Waals surface area contributed by atoms with E-state index in [-0.39, 0.29) is 17.7 Å². The molecule has 1 aromatic rings. The van der Waals surface area contributed by atoms with Crippen molar-refractivity contribution < 1.29 is 19.1 Å². The second kappa shape index (κ2) is 14.2. The van der Waals surface area contributed by atoms with Gasteiger partial charge in [-0.3, -0.25) is 9.59 Å². The first kappa shape index (κ1) is 29.6. The van der Waals surface area contributed by atoms with Crippen LogP contribution in [0.4, 0.5) is 4.79 Å². The van der Waals surface area contributed by atoms with E-state index >= 15 is 0 Å². The summed E-state index contributed by atoms with van der Waals surface area (Å²) in [5.74, 6) is 2.05. The molecule has 0 heterocycles. The van der Waals surface area contributed by atoms with E-state index < -0.39 is 29.7 Å². The second-order valence-electron chi connectivity index (χ2n) is 10.2. The van der Waals surface area contributed by atoms with Gasteiger partial charge in [-0.15, -0.1) is 6.42 Å².